The van der Waals surface area contributed by atoms with Gasteiger partial charge in [0.05, 0.1) is 10.6 Å². The number of carbonyl (C=O) groups excluding carboxylic acids is 2. The number of carbonyl (C=O) groups is 2. The SMILES string of the molecule is C=CCSc1ncccc1C(=O)N1CCC(c2nc(C(=O)NC3Cc4ccccc4C3)cs2)CC1. The van der Waals surface area contributed by atoms with Gasteiger partial charge in [-0.3, -0.25) is 9.59 Å². The predicted octanol–water partition coefficient (Wildman–Crippen LogP) is 4.73. The molecule has 0 atom stereocenters. The van der Waals surface area contributed by atoms with Crippen molar-refractivity contribution in [3.8, 4) is 0 Å². The average Bonchev–Trinajstić information content (AvgIpc) is 3.54. The lowest BCUT2D eigenvalue weighted by Crippen LogP contribution is -2.38. The number of hydrogen-bond donors (Lipinski definition) is 1. The molecule has 1 saturated heterocycles. The molecule has 0 spiro atoms. The van der Waals surface area contributed by atoms with Gasteiger partial charge in [0, 0.05) is 42.4 Å². The molecule has 1 fully saturated rings. The molecule has 6 nitrogen and oxygen atoms in total. The number of fused-ring (bicyclic) bond motifs is 1. The summed E-state index contributed by atoms with van der Waals surface area (Å²) >= 11 is 3.08. The summed E-state index contributed by atoms with van der Waals surface area (Å²) in [5.74, 6) is 0.913. The van der Waals surface area contributed by atoms with Gasteiger partial charge < -0.3 is 10.2 Å². The number of thiazole rings is 1. The number of amides is 2. The first-order valence-corrected chi connectivity index (χ1v) is 13.8. The minimum Gasteiger partial charge on any atom is -0.347 e. The molecule has 0 radical (unpaired) electrons. The highest BCUT2D eigenvalue weighted by atomic mass is 32.2. The molecule has 1 N–H and O–H groups in total. The highest BCUT2D eigenvalue weighted by Crippen LogP contribution is 2.32. The Morgan fingerprint density at radius 3 is 2.60 bits per heavy atom. The Morgan fingerprint density at radius 2 is 1.89 bits per heavy atom. The minimum absolute atomic E-state index is 0.0277. The molecule has 2 aliphatic rings. The second-order valence-electron chi connectivity index (χ2n) is 8.94. The van der Waals surface area contributed by atoms with E-state index >= 15 is 0 Å². The normalized spacial score (nSPS) is 16.2. The van der Waals surface area contributed by atoms with Crippen molar-refractivity contribution < 1.29 is 9.59 Å². The summed E-state index contributed by atoms with van der Waals surface area (Å²) in [6.45, 7) is 5.09. The molecule has 1 aromatic carbocycles. The van der Waals surface area contributed by atoms with E-state index in [0.29, 0.717) is 30.1 Å². The van der Waals surface area contributed by atoms with Gasteiger partial charge in [-0.05, 0) is 48.9 Å². The van der Waals surface area contributed by atoms with Crippen LogP contribution in [0.1, 0.15) is 55.7 Å². The molecule has 0 bridgehead atoms. The third-order valence-electron chi connectivity index (χ3n) is 6.61. The van der Waals surface area contributed by atoms with E-state index in [1.807, 2.05) is 40.6 Å². The number of aromatic nitrogens is 2. The quantitative estimate of drug-likeness (QED) is 0.372. The van der Waals surface area contributed by atoms with Gasteiger partial charge in [-0.15, -0.1) is 29.7 Å². The van der Waals surface area contributed by atoms with Crippen molar-refractivity contribution in [1.29, 1.82) is 0 Å². The Kier molecular flexibility index (Phi) is 7.29. The molecule has 1 aliphatic carbocycles. The number of benzene rings is 1. The maximum absolute atomic E-state index is 13.1. The molecule has 0 saturated carbocycles. The van der Waals surface area contributed by atoms with E-state index in [1.54, 1.807) is 17.5 Å². The monoisotopic (exact) mass is 504 g/mol. The van der Waals surface area contributed by atoms with Gasteiger partial charge >= 0.3 is 0 Å². The Morgan fingerprint density at radius 1 is 1.14 bits per heavy atom. The van der Waals surface area contributed by atoms with E-state index in [9.17, 15) is 9.59 Å². The molecular formula is C27H28N4O2S2. The third kappa shape index (κ3) is 5.33. The summed E-state index contributed by atoms with van der Waals surface area (Å²) in [7, 11) is 0. The summed E-state index contributed by atoms with van der Waals surface area (Å²) in [5.41, 5.74) is 3.78. The summed E-state index contributed by atoms with van der Waals surface area (Å²) in [4.78, 5) is 36.9. The summed E-state index contributed by atoms with van der Waals surface area (Å²) in [6.07, 6.45) is 6.96. The number of rotatable bonds is 7. The number of nitrogens with zero attached hydrogens (tertiary/aromatic N) is 3. The van der Waals surface area contributed by atoms with E-state index in [4.69, 9.17) is 0 Å². The van der Waals surface area contributed by atoms with Gasteiger partial charge in [-0.25, -0.2) is 9.97 Å². The van der Waals surface area contributed by atoms with Crippen LogP contribution in [-0.4, -0.2) is 51.6 Å². The van der Waals surface area contributed by atoms with E-state index in [0.717, 1.165) is 35.7 Å². The molecule has 1 aliphatic heterocycles. The maximum Gasteiger partial charge on any atom is 0.270 e. The van der Waals surface area contributed by atoms with Gasteiger partial charge in [-0.2, -0.15) is 0 Å². The molecule has 5 rings (SSSR count). The maximum atomic E-state index is 13.1. The first-order valence-electron chi connectivity index (χ1n) is 11.9. The molecule has 35 heavy (non-hydrogen) atoms. The number of pyridine rings is 1. The fourth-order valence-corrected chi connectivity index (χ4v) is 6.50. The Hall–Kier alpha value is -2.97. The van der Waals surface area contributed by atoms with Crippen molar-refractivity contribution in [1.82, 2.24) is 20.2 Å². The highest BCUT2D eigenvalue weighted by Gasteiger charge is 2.29. The van der Waals surface area contributed by atoms with Gasteiger partial charge in [0.2, 0.25) is 0 Å². The van der Waals surface area contributed by atoms with E-state index in [1.165, 1.54) is 22.9 Å². The smallest absolute Gasteiger partial charge is 0.270 e. The van der Waals surface area contributed by atoms with E-state index < -0.39 is 0 Å². The van der Waals surface area contributed by atoms with Crippen LogP contribution in [0.3, 0.4) is 0 Å². The summed E-state index contributed by atoms with van der Waals surface area (Å²) in [6, 6.07) is 12.1. The average molecular weight is 505 g/mol. The summed E-state index contributed by atoms with van der Waals surface area (Å²) < 4.78 is 0. The molecule has 3 heterocycles. The van der Waals surface area contributed by atoms with Crippen LogP contribution >= 0.6 is 23.1 Å². The van der Waals surface area contributed by atoms with Crippen LogP contribution < -0.4 is 5.32 Å². The molecular weight excluding hydrogens is 476 g/mol. The first-order chi connectivity index (χ1) is 17.1. The van der Waals surface area contributed by atoms with E-state index in [2.05, 4.69) is 34.0 Å². The highest BCUT2D eigenvalue weighted by molar-refractivity contribution is 7.99. The fraction of sp³-hybridized carbons (Fsp3) is 0.333. The van der Waals surface area contributed by atoms with Gasteiger partial charge in [0.1, 0.15) is 10.7 Å². The molecule has 180 valence electrons. The minimum atomic E-state index is -0.0981. The van der Waals surface area contributed by atoms with Crippen molar-refractivity contribution in [2.45, 2.75) is 42.7 Å². The second kappa shape index (κ2) is 10.7. The lowest BCUT2D eigenvalue weighted by Gasteiger charge is -2.31. The molecule has 2 amide bonds. The number of piperidine rings is 1. The number of hydrogen-bond acceptors (Lipinski definition) is 6. The lowest BCUT2D eigenvalue weighted by molar-refractivity contribution is 0.0708. The standard InChI is InChI=1S/C27H28N4O2S2/c1-2-14-34-26-22(8-5-11-28-26)27(33)31-12-9-18(10-13-31)25-30-23(17-35-25)24(32)29-21-15-19-6-3-4-7-20(19)16-21/h2-8,11,17-18,21H,1,9-10,12-16H2,(H,29,32). The molecule has 8 heteroatoms. The Bertz CT molecular complexity index is 1210. The van der Waals surface area contributed by atoms with Gasteiger partial charge in [0.15, 0.2) is 0 Å². The van der Waals surface area contributed by atoms with Crippen molar-refractivity contribution in [3.63, 3.8) is 0 Å². The van der Waals surface area contributed by atoms with Crippen molar-refractivity contribution >= 4 is 34.9 Å². The van der Waals surface area contributed by atoms with Crippen LogP contribution in [0.15, 0.2) is 65.7 Å². The molecule has 0 unspecified atom stereocenters. The molecule has 2 aromatic heterocycles. The largest absolute Gasteiger partial charge is 0.347 e. The summed E-state index contributed by atoms with van der Waals surface area (Å²) in [5, 5.41) is 6.76. The lowest BCUT2D eigenvalue weighted by atomic mass is 9.97. The second-order valence-corrected chi connectivity index (χ2v) is 10.8. The Balaban J connectivity index is 1.16. The van der Waals surface area contributed by atoms with Crippen LogP contribution in [0.2, 0.25) is 0 Å². The Labute approximate surface area is 213 Å². The zero-order valence-electron chi connectivity index (χ0n) is 19.5. The van der Waals surface area contributed by atoms with Crippen LogP contribution in [0.4, 0.5) is 0 Å². The van der Waals surface area contributed by atoms with Crippen LogP contribution in [0.5, 0.6) is 0 Å². The zero-order valence-corrected chi connectivity index (χ0v) is 21.1. The zero-order chi connectivity index (χ0) is 24.2. The molecule has 3 aromatic rings. The number of likely N-dealkylation sites (tertiary alicyclic amines) is 1. The van der Waals surface area contributed by atoms with Gasteiger partial charge in [-0.1, -0.05) is 30.3 Å². The van der Waals surface area contributed by atoms with Crippen molar-refractivity contribution in [2.24, 2.45) is 0 Å². The van der Waals surface area contributed by atoms with Crippen LogP contribution in [0.25, 0.3) is 0 Å². The van der Waals surface area contributed by atoms with Crippen LogP contribution in [-0.2, 0) is 12.8 Å². The first kappa shape index (κ1) is 23.8. The topological polar surface area (TPSA) is 75.2 Å². The third-order valence-corrected chi connectivity index (χ3v) is 8.62. The fourth-order valence-electron chi connectivity index (χ4n) is 4.81. The van der Waals surface area contributed by atoms with Crippen molar-refractivity contribution in [3.05, 3.63) is 88.0 Å². The number of thioether (sulfide) groups is 1. The predicted molar refractivity (Wildman–Crippen MR) is 140 cm³/mol. The number of nitrogens with one attached hydrogen (secondary N) is 1. The van der Waals surface area contributed by atoms with E-state index in [-0.39, 0.29) is 23.8 Å². The van der Waals surface area contributed by atoms with Crippen molar-refractivity contribution in [2.75, 3.05) is 18.8 Å². The van der Waals surface area contributed by atoms with Crippen LogP contribution in [0, 0.1) is 0 Å². The van der Waals surface area contributed by atoms with Gasteiger partial charge in [0.25, 0.3) is 11.8 Å².